The van der Waals surface area contributed by atoms with Gasteiger partial charge in [-0.1, -0.05) is 23.8 Å². The van der Waals surface area contributed by atoms with Crippen LogP contribution in [-0.4, -0.2) is 23.3 Å². The standard InChI is InChI=1S/C18H21NO2S/c1-14-8-10-17(11-9-14)22-13-18(20)21-12-4-7-16-6-3-5-15(2)19-16/h3,5-6,8-11H,4,7,12-13H2,1-2H3. The van der Waals surface area contributed by atoms with E-state index in [-0.39, 0.29) is 5.97 Å². The Balaban J connectivity index is 1.62. The minimum atomic E-state index is -0.164. The van der Waals surface area contributed by atoms with Crippen molar-refractivity contribution in [3.05, 3.63) is 59.4 Å². The summed E-state index contributed by atoms with van der Waals surface area (Å²) >= 11 is 1.51. The monoisotopic (exact) mass is 315 g/mol. The number of carbonyl (C=O) groups is 1. The van der Waals surface area contributed by atoms with Gasteiger partial charge in [-0.15, -0.1) is 11.8 Å². The molecule has 22 heavy (non-hydrogen) atoms. The minimum Gasteiger partial charge on any atom is -0.465 e. The fourth-order valence-electron chi connectivity index (χ4n) is 2.00. The van der Waals surface area contributed by atoms with E-state index in [1.165, 1.54) is 17.3 Å². The number of aromatic nitrogens is 1. The Kier molecular flexibility index (Phi) is 6.46. The predicted octanol–water partition coefficient (Wildman–Crippen LogP) is 3.97. The fraction of sp³-hybridized carbons (Fsp3) is 0.333. The fourth-order valence-corrected chi connectivity index (χ4v) is 2.69. The number of nitrogens with zero attached hydrogens (tertiary/aromatic N) is 1. The smallest absolute Gasteiger partial charge is 0.316 e. The topological polar surface area (TPSA) is 39.2 Å². The molecule has 3 nitrogen and oxygen atoms in total. The van der Waals surface area contributed by atoms with Crippen molar-refractivity contribution < 1.29 is 9.53 Å². The Labute approximate surface area is 136 Å². The molecule has 0 fully saturated rings. The van der Waals surface area contributed by atoms with Gasteiger partial charge in [-0.25, -0.2) is 0 Å². The molecule has 0 aliphatic carbocycles. The summed E-state index contributed by atoms with van der Waals surface area (Å²) in [4.78, 5) is 17.2. The van der Waals surface area contributed by atoms with Gasteiger partial charge in [0.05, 0.1) is 12.4 Å². The maximum atomic E-state index is 11.7. The van der Waals surface area contributed by atoms with Crippen LogP contribution in [0.1, 0.15) is 23.4 Å². The molecule has 0 spiro atoms. The number of rotatable bonds is 7. The first-order valence-corrected chi connectivity index (χ1v) is 8.40. The summed E-state index contributed by atoms with van der Waals surface area (Å²) < 4.78 is 5.25. The van der Waals surface area contributed by atoms with Gasteiger partial charge < -0.3 is 4.74 Å². The first kappa shape index (κ1) is 16.6. The molecule has 2 aromatic rings. The quantitative estimate of drug-likeness (QED) is 0.440. The molecule has 1 heterocycles. The molecule has 0 radical (unpaired) electrons. The largest absolute Gasteiger partial charge is 0.465 e. The number of esters is 1. The van der Waals surface area contributed by atoms with Crippen LogP contribution >= 0.6 is 11.8 Å². The Bertz CT molecular complexity index is 611. The van der Waals surface area contributed by atoms with Gasteiger partial charge in [-0.05, 0) is 51.0 Å². The van der Waals surface area contributed by atoms with Gasteiger partial charge in [-0.3, -0.25) is 9.78 Å². The third-order valence-corrected chi connectivity index (χ3v) is 4.15. The highest BCUT2D eigenvalue weighted by Crippen LogP contribution is 2.18. The minimum absolute atomic E-state index is 0.164. The molecule has 0 saturated heterocycles. The molecular formula is C18H21NO2S. The van der Waals surface area contributed by atoms with Crippen molar-refractivity contribution in [2.24, 2.45) is 0 Å². The molecule has 0 aliphatic rings. The Morgan fingerprint density at radius 2 is 1.91 bits per heavy atom. The van der Waals surface area contributed by atoms with Crippen molar-refractivity contribution >= 4 is 17.7 Å². The molecule has 0 atom stereocenters. The van der Waals surface area contributed by atoms with Crippen LogP contribution in [0.25, 0.3) is 0 Å². The summed E-state index contributed by atoms with van der Waals surface area (Å²) in [5.74, 6) is 0.189. The van der Waals surface area contributed by atoms with Gasteiger partial charge in [0.25, 0.3) is 0 Å². The van der Waals surface area contributed by atoms with Gasteiger partial charge >= 0.3 is 5.97 Å². The number of hydrogen-bond acceptors (Lipinski definition) is 4. The van der Waals surface area contributed by atoms with Gasteiger partial charge in [0, 0.05) is 16.3 Å². The molecule has 0 N–H and O–H groups in total. The highest BCUT2D eigenvalue weighted by Gasteiger charge is 2.04. The lowest BCUT2D eigenvalue weighted by molar-refractivity contribution is -0.140. The van der Waals surface area contributed by atoms with E-state index in [1.54, 1.807) is 0 Å². The van der Waals surface area contributed by atoms with Crippen LogP contribution in [0.4, 0.5) is 0 Å². The lowest BCUT2D eigenvalue weighted by Crippen LogP contribution is -2.09. The van der Waals surface area contributed by atoms with E-state index in [1.807, 2.05) is 56.3 Å². The van der Waals surface area contributed by atoms with Crippen LogP contribution in [0.5, 0.6) is 0 Å². The summed E-state index contributed by atoms with van der Waals surface area (Å²) in [5, 5.41) is 0. The molecular weight excluding hydrogens is 294 g/mol. The van der Waals surface area contributed by atoms with Crippen molar-refractivity contribution in [1.29, 1.82) is 0 Å². The van der Waals surface area contributed by atoms with E-state index in [9.17, 15) is 4.79 Å². The van der Waals surface area contributed by atoms with E-state index in [4.69, 9.17) is 4.74 Å². The molecule has 0 aliphatic heterocycles. The van der Waals surface area contributed by atoms with E-state index in [0.29, 0.717) is 12.4 Å². The molecule has 0 amide bonds. The first-order chi connectivity index (χ1) is 10.6. The second-order valence-corrected chi connectivity index (χ2v) is 6.24. The van der Waals surface area contributed by atoms with Crippen LogP contribution in [0, 0.1) is 13.8 Å². The average Bonchev–Trinajstić information content (AvgIpc) is 2.51. The predicted molar refractivity (Wildman–Crippen MR) is 90.2 cm³/mol. The zero-order valence-corrected chi connectivity index (χ0v) is 13.9. The normalized spacial score (nSPS) is 10.5. The zero-order chi connectivity index (χ0) is 15.8. The number of hydrogen-bond donors (Lipinski definition) is 0. The summed E-state index contributed by atoms with van der Waals surface area (Å²) in [6.45, 7) is 4.47. The zero-order valence-electron chi connectivity index (χ0n) is 13.0. The van der Waals surface area contributed by atoms with Gasteiger partial charge in [0.15, 0.2) is 0 Å². The number of benzene rings is 1. The molecule has 0 saturated carbocycles. The van der Waals surface area contributed by atoms with Gasteiger partial charge in [0.2, 0.25) is 0 Å². The maximum absolute atomic E-state index is 11.7. The van der Waals surface area contributed by atoms with E-state index in [0.717, 1.165) is 29.1 Å². The van der Waals surface area contributed by atoms with Crippen LogP contribution in [0.15, 0.2) is 47.4 Å². The van der Waals surface area contributed by atoms with E-state index in [2.05, 4.69) is 4.98 Å². The highest BCUT2D eigenvalue weighted by atomic mass is 32.2. The molecule has 1 aromatic heterocycles. The van der Waals surface area contributed by atoms with Crippen molar-refractivity contribution in [2.75, 3.05) is 12.4 Å². The van der Waals surface area contributed by atoms with E-state index < -0.39 is 0 Å². The van der Waals surface area contributed by atoms with Crippen LogP contribution in [0.3, 0.4) is 0 Å². The summed E-state index contributed by atoms with van der Waals surface area (Å²) in [7, 11) is 0. The number of carbonyl (C=O) groups excluding carboxylic acids is 1. The average molecular weight is 315 g/mol. The first-order valence-electron chi connectivity index (χ1n) is 7.41. The number of aryl methyl sites for hydroxylation is 3. The van der Waals surface area contributed by atoms with Crippen LogP contribution < -0.4 is 0 Å². The summed E-state index contributed by atoms with van der Waals surface area (Å²) in [5.41, 5.74) is 3.28. The van der Waals surface area contributed by atoms with Crippen LogP contribution in [0.2, 0.25) is 0 Å². The van der Waals surface area contributed by atoms with Crippen molar-refractivity contribution in [3.63, 3.8) is 0 Å². The van der Waals surface area contributed by atoms with E-state index >= 15 is 0 Å². The second kappa shape index (κ2) is 8.59. The third-order valence-electron chi connectivity index (χ3n) is 3.16. The van der Waals surface area contributed by atoms with Gasteiger partial charge in [-0.2, -0.15) is 0 Å². The number of ether oxygens (including phenoxy) is 1. The SMILES string of the molecule is Cc1ccc(SCC(=O)OCCCc2cccc(C)n2)cc1. The summed E-state index contributed by atoms with van der Waals surface area (Å²) in [6, 6.07) is 14.1. The highest BCUT2D eigenvalue weighted by molar-refractivity contribution is 8.00. The van der Waals surface area contributed by atoms with Crippen molar-refractivity contribution in [2.45, 2.75) is 31.6 Å². The molecule has 2 rings (SSSR count). The Morgan fingerprint density at radius 3 is 2.64 bits per heavy atom. The summed E-state index contributed by atoms with van der Waals surface area (Å²) in [6.07, 6.45) is 1.64. The Hall–Kier alpha value is -1.81. The van der Waals surface area contributed by atoms with Crippen LogP contribution in [-0.2, 0) is 16.0 Å². The Morgan fingerprint density at radius 1 is 1.14 bits per heavy atom. The number of pyridine rings is 1. The number of thioether (sulfide) groups is 1. The molecule has 116 valence electrons. The van der Waals surface area contributed by atoms with Crippen molar-refractivity contribution in [3.8, 4) is 0 Å². The van der Waals surface area contributed by atoms with Crippen molar-refractivity contribution in [1.82, 2.24) is 4.98 Å². The van der Waals surface area contributed by atoms with Gasteiger partial charge in [0.1, 0.15) is 0 Å². The third kappa shape index (κ3) is 5.90. The maximum Gasteiger partial charge on any atom is 0.316 e. The molecule has 1 aromatic carbocycles. The molecule has 0 unspecified atom stereocenters. The molecule has 4 heteroatoms. The molecule has 0 bridgehead atoms. The lowest BCUT2D eigenvalue weighted by Gasteiger charge is -2.05. The second-order valence-electron chi connectivity index (χ2n) is 5.20. The lowest BCUT2D eigenvalue weighted by atomic mass is 10.2.